The fraction of sp³-hybridized carbons (Fsp3) is 0.381. The van der Waals surface area contributed by atoms with Gasteiger partial charge in [-0.2, -0.15) is 0 Å². The van der Waals surface area contributed by atoms with Crippen molar-refractivity contribution in [3.63, 3.8) is 0 Å². The molecule has 6 heteroatoms. The molecule has 1 saturated heterocycles. The number of carbonyl (C=O) groups excluding carboxylic acids is 1. The smallest absolute Gasteiger partial charge is 0.267 e. The van der Waals surface area contributed by atoms with Gasteiger partial charge in [-0.25, -0.2) is 12.7 Å². The monoisotopic (exact) mass is 401 g/mol. The van der Waals surface area contributed by atoms with Crippen LogP contribution in [-0.2, 0) is 14.8 Å². The number of hydrogen-bond donors (Lipinski definition) is 0. The lowest BCUT2D eigenvalue weighted by atomic mass is 9.80. The van der Waals surface area contributed by atoms with Gasteiger partial charge in [-0.15, -0.1) is 0 Å². The van der Waals surface area contributed by atoms with Crippen LogP contribution in [0, 0.1) is 12.8 Å². The Morgan fingerprint density at radius 1 is 1.00 bits per heavy atom. The topological polar surface area (TPSA) is 54.5 Å². The molecule has 1 amide bonds. The summed E-state index contributed by atoms with van der Waals surface area (Å²) in [6, 6.07) is 17.7. The molecule has 2 aromatic carbocycles. The van der Waals surface area contributed by atoms with Crippen molar-refractivity contribution >= 4 is 29.2 Å². The Kier molecular flexibility index (Phi) is 4.85. The number of benzene rings is 2. The fourth-order valence-corrected chi connectivity index (χ4v) is 8.73. The van der Waals surface area contributed by atoms with Crippen LogP contribution < -0.4 is 5.19 Å². The molecule has 0 N–H and O–H groups in total. The normalized spacial score (nSPS) is 19.7. The largest absolute Gasteiger partial charge is 0.273 e. The van der Waals surface area contributed by atoms with E-state index < -0.39 is 23.6 Å². The number of hydrogen-bond acceptors (Lipinski definition) is 3. The highest BCUT2D eigenvalue weighted by molar-refractivity contribution is 7.89. The Balaban J connectivity index is 1.87. The Labute approximate surface area is 163 Å². The van der Waals surface area contributed by atoms with Gasteiger partial charge >= 0.3 is 0 Å². The van der Waals surface area contributed by atoms with Crippen LogP contribution in [0.2, 0.25) is 19.1 Å². The molecule has 0 radical (unpaired) electrons. The molecule has 1 fully saturated rings. The summed E-state index contributed by atoms with van der Waals surface area (Å²) in [5, 5.41) is 1.29. The lowest BCUT2D eigenvalue weighted by Gasteiger charge is -2.54. The minimum Gasteiger partial charge on any atom is -0.273 e. The Hall–Kier alpha value is -1.92. The minimum atomic E-state index is -3.83. The van der Waals surface area contributed by atoms with E-state index in [4.69, 9.17) is 0 Å². The third-order valence-corrected chi connectivity index (χ3v) is 11.0. The van der Waals surface area contributed by atoms with E-state index in [-0.39, 0.29) is 16.7 Å². The average Bonchev–Trinajstić information content (AvgIpc) is 2.60. The number of nitrogens with zero attached hydrogens (tertiary/aromatic N) is 1. The van der Waals surface area contributed by atoms with E-state index in [9.17, 15) is 13.2 Å². The first-order valence-electron chi connectivity index (χ1n) is 9.19. The first-order valence-corrected chi connectivity index (χ1v) is 13.8. The molecule has 0 aromatic heterocycles. The molecule has 3 rings (SSSR count). The molecular formula is C21H27NO3SSi. The third-order valence-electron chi connectivity index (χ3n) is 5.70. The van der Waals surface area contributed by atoms with Gasteiger partial charge < -0.3 is 0 Å². The van der Waals surface area contributed by atoms with Gasteiger partial charge in [-0.1, -0.05) is 66.3 Å². The van der Waals surface area contributed by atoms with E-state index in [0.29, 0.717) is 0 Å². The van der Waals surface area contributed by atoms with Gasteiger partial charge in [0.1, 0.15) is 0 Å². The number of rotatable bonds is 5. The summed E-state index contributed by atoms with van der Waals surface area (Å²) in [6.45, 7) is 10.1. The van der Waals surface area contributed by atoms with Gasteiger partial charge in [-0.3, -0.25) is 4.79 Å². The predicted octanol–water partition coefficient (Wildman–Crippen LogP) is 3.54. The van der Waals surface area contributed by atoms with Crippen LogP contribution in [-0.4, -0.2) is 32.2 Å². The van der Waals surface area contributed by atoms with Crippen molar-refractivity contribution in [3.8, 4) is 0 Å². The van der Waals surface area contributed by atoms with E-state index in [1.807, 2.05) is 39.0 Å². The molecule has 0 aliphatic carbocycles. The quantitative estimate of drug-likeness (QED) is 0.569. The summed E-state index contributed by atoms with van der Waals surface area (Å²) in [4.78, 5) is 13.1. The molecule has 1 aliphatic rings. The molecule has 2 aromatic rings. The zero-order valence-electron chi connectivity index (χ0n) is 16.6. The zero-order chi connectivity index (χ0) is 20.0. The highest BCUT2D eigenvalue weighted by Crippen LogP contribution is 2.45. The molecule has 4 nitrogen and oxygen atoms in total. The predicted molar refractivity (Wildman–Crippen MR) is 111 cm³/mol. The fourth-order valence-electron chi connectivity index (χ4n) is 3.90. The van der Waals surface area contributed by atoms with Crippen LogP contribution in [0.25, 0.3) is 0 Å². The summed E-state index contributed by atoms with van der Waals surface area (Å²) < 4.78 is 27.2. The third kappa shape index (κ3) is 3.36. The number of carbonyl (C=O) groups is 1. The van der Waals surface area contributed by atoms with Crippen molar-refractivity contribution < 1.29 is 13.2 Å². The maximum Gasteiger partial charge on any atom is 0.267 e. The Morgan fingerprint density at radius 3 is 2.07 bits per heavy atom. The average molecular weight is 402 g/mol. The highest BCUT2D eigenvalue weighted by Gasteiger charge is 2.60. The lowest BCUT2D eigenvalue weighted by molar-refractivity contribution is -0.152. The zero-order valence-corrected chi connectivity index (χ0v) is 18.4. The van der Waals surface area contributed by atoms with Gasteiger partial charge in [0.2, 0.25) is 5.91 Å². The molecule has 1 unspecified atom stereocenters. The first-order chi connectivity index (χ1) is 12.5. The Bertz CT molecular complexity index is 951. The molecule has 0 spiro atoms. The maximum absolute atomic E-state index is 13.0. The number of aryl methyl sites for hydroxylation is 1. The first kappa shape index (κ1) is 19.8. The molecule has 144 valence electrons. The van der Waals surface area contributed by atoms with Gasteiger partial charge in [-0.05, 0) is 38.9 Å². The van der Waals surface area contributed by atoms with Crippen molar-refractivity contribution in [1.82, 2.24) is 4.31 Å². The van der Waals surface area contributed by atoms with Gasteiger partial charge in [0.15, 0.2) is 0 Å². The summed E-state index contributed by atoms with van der Waals surface area (Å²) in [6.07, 6.45) is 0. The van der Waals surface area contributed by atoms with Crippen LogP contribution in [0.3, 0.4) is 0 Å². The van der Waals surface area contributed by atoms with Gasteiger partial charge in [0, 0.05) is 0 Å². The second-order valence-electron chi connectivity index (χ2n) is 8.58. The van der Waals surface area contributed by atoms with E-state index in [0.717, 1.165) is 15.9 Å². The molecule has 1 atom stereocenters. The van der Waals surface area contributed by atoms with Crippen molar-refractivity contribution in [2.24, 2.45) is 5.92 Å². The summed E-state index contributed by atoms with van der Waals surface area (Å²) in [5.74, 6) is -0.559. The van der Waals surface area contributed by atoms with Crippen LogP contribution in [0.4, 0.5) is 0 Å². The molecule has 1 aliphatic heterocycles. The van der Waals surface area contributed by atoms with E-state index >= 15 is 0 Å². The number of β-lactam (4-membered cyclic amide) rings is 1. The Morgan fingerprint density at radius 2 is 1.56 bits per heavy atom. The van der Waals surface area contributed by atoms with Gasteiger partial charge in [0.25, 0.3) is 10.0 Å². The number of sulfonamides is 1. The van der Waals surface area contributed by atoms with Crippen LogP contribution in [0.15, 0.2) is 59.5 Å². The summed E-state index contributed by atoms with van der Waals surface area (Å²) in [5.41, 5.74) is 0.261. The highest BCUT2D eigenvalue weighted by atomic mass is 32.2. The SMILES string of the molecule is Cc1ccc(S(=O)(=O)N2C(=O)C(C[Si](C)(C)c3ccccc3)C2(C)C)cc1. The minimum absolute atomic E-state index is 0.174. The summed E-state index contributed by atoms with van der Waals surface area (Å²) in [7, 11) is -5.69. The van der Waals surface area contributed by atoms with Gasteiger partial charge in [0.05, 0.1) is 24.4 Å². The van der Waals surface area contributed by atoms with Crippen LogP contribution in [0.1, 0.15) is 19.4 Å². The molecule has 0 bridgehead atoms. The van der Waals surface area contributed by atoms with Crippen molar-refractivity contribution in [2.75, 3.05) is 0 Å². The maximum atomic E-state index is 13.0. The number of amides is 1. The van der Waals surface area contributed by atoms with E-state index in [1.165, 1.54) is 5.19 Å². The van der Waals surface area contributed by atoms with Crippen molar-refractivity contribution in [1.29, 1.82) is 0 Å². The van der Waals surface area contributed by atoms with Crippen molar-refractivity contribution in [2.45, 2.75) is 50.3 Å². The molecular weight excluding hydrogens is 374 g/mol. The standard InChI is InChI=1S/C21H27NO3SSi/c1-16-11-13-17(14-12-16)26(24,25)22-20(23)19(21(22,2)3)15-27(4,5)18-9-7-6-8-10-18/h6-14,19H,15H2,1-5H3. The molecule has 1 heterocycles. The lowest BCUT2D eigenvalue weighted by Crippen LogP contribution is -2.70. The second kappa shape index (κ2) is 6.60. The van der Waals surface area contributed by atoms with E-state index in [2.05, 4.69) is 25.2 Å². The molecule has 27 heavy (non-hydrogen) atoms. The van der Waals surface area contributed by atoms with E-state index in [1.54, 1.807) is 24.3 Å². The molecule has 0 saturated carbocycles. The van der Waals surface area contributed by atoms with Crippen molar-refractivity contribution in [3.05, 3.63) is 60.2 Å². The second-order valence-corrected chi connectivity index (χ2v) is 15.1. The van der Waals surface area contributed by atoms with Crippen LogP contribution in [0.5, 0.6) is 0 Å². The summed E-state index contributed by atoms with van der Waals surface area (Å²) >= 11 is 0. The van der Waals surface area contributed by atoms with Crippen LogP contribution >= 0.6 is 0 Å².